The molecule has 4 nitrogen and oxygen atoms in total. The third kappa shape index (κ3) is 2.59. The van der Waals surface area contributed by atoms with Crippen molar-refractivity contribution in [2.75, 3.05) is 20.3 Å². The Morgan fingerprint density at radius 1 is 1.56 bits per heavy atom. The van der Waals surface area contributed by atoms with Crippen LogP contribution >= 0.6 is 11.3 Å². The summed E-state index contributed by atoms with van der Waals surface area (Å²) in [6, 6.07) is 0.343. The van der Waals surface area contributed by atoms with Crippen LogP contribution in [0.5, 0.6) is 0 Å². The number of rotatable bonds is 4. The third-order valence-electron chi connectivity index (χ3n) is 3.02. The number of ether oxygens (including phenoxy) is 1. The molecule has 1 aromatic heterocycles. The number of nitrogens with one attached hydrogen (secondary N) is 1. The first-order chi connectivity index (χ1) is 7.85. The van der Waals surface area contributed by atoms with E-state index in [1.54, 1.807) is 11.3 Å². The van der Waals surface area contributed by atoms with Crippen LogP contribution in [0, 0.1) is 0 Å². The van der Waals surface area contributed by atoms with Crippen molar-refractivity contribution in [2.45, 2.75) is 38.1 Å². The molecule has 90 valence electrons. The van der Waals surface area contributed by atoms with Crippen LogP contribution in [0.4, 0.5) is 0 Å². The first-order valence-electron chi connectivity index (χ1n) is 5.93. The molecule has 0 spiro atoms. The number of hydrogen-bond acceptors (Lipinski definition) is 5. The standard InChI is InChI=1S/C11H19N3OS/c1-3-9(12-2)11-14-13-10(16-11)8-5-4-6-15-7-8/h8-9,12H,3-7H2,1-2H3. The summed E-state index contributed by atoms with van der Waals surface area (Å²) in [5.41, 5.74) is 0. The third-order valence-corrected chi connectivity index (χ3v) is 4.22. The summed E-state index contributed by atoms with van der Waals surface area (Å²) < 4.78 is 5.48. The fraction of sp³-hybridized carbons (Fsp3) is 0.818. The van der Waals surface area contributed by atoms with Crippen molar-refractivity contribution in [1.29, 1.82) is 0 Å². The summed E-state index contributed by atoms with van der Waals surface area (Å²) in [5, 5.41) is 14.1. The van der Waals surface area contributed by atoms with E-state index in [0.29, 0.717) is 12.0 Å². The Morgan fingerprint density at radius 3 is 3.06 bits per heavy atom. The molecule has 1 aliphatic rings. The molecule has 0 radical (unpaired) electrons. The molecule has 1 N–H and O–H groups in total. The summed E-state index contributed by atoms with van der Waals surface area (Å²) in [6.07, 6.45) is 3.38. The van der Waals surface area contributed by atoms with Gasteiger partial charge in [-0.05, 0) is 26.3 Å². The van der Waals surface area contributed by atoms with Crippen molar-refractivity contribution in [3.63, 3.8) is 0 Å². The normalized spacial score (nSPS) is 23.2. The Bertz CT molecular complexity index is 319. The van der Waals surface area contributed by atoms with Gasteiger partial charge in [0, 0.05) is 12.5 Å². The smallest absolute Gasteiger partial charge is 0.134 e. The quantitative estimate of drug-likeness (QED) is 0.877. The molecule has 1 aromatic rings. The predicted octanol–water partition coefficient (Wildman–Crippen LogP) is 2.10. The molecular weight excluding hydrogens is 222 g/mol. The molecule has 0 aliphatic carbocycles. The van der Waals surface area contributed by atoms with Gasteiger partial charge in [0.05, 0.1) is 12.6 Å². The number of hydrogen-bond donors (Lipinski definition) is 1. The van der Waals surface area contributed by atoms with Crippen molar-refractivity contribution in [3.8, 4) is 0 Å². The SMILES string of the molecule is CCC(NC)c1nnc(C2CCCOC2)s1. The molecule has 2 heterocycles. The zero-order valence-electron chi connectivity index (χ0n) is 9.90. The maximum Gasteiger partial charge on any atom is 0.134 e. The molecule has 2 atom stereocenters. The highest BCUT2D eigenvalue weighted by Gasteiger charge is 2.21. The molecule has 2 rings (SSSR count). The second-order valence-electron chi connectivity index (χ2n) is 4.14. The van der Waals surface area contributed by atoms with E-state index in [1.165, 1.54) is 6.42 Å². The maximum atomic E-state index is 5.48. The van der Waals surface area contributed by atoms with Crippen molar-refractivity contribution < 1.29 is 4.74 Å². The van der Waals surface area contributed by atoms with Crippen molar-refractivity contribution in [2.24, 2.45) is 0 Å². The highest BCUT2D eigenvalue weighted by Crippen LogP contribution is 2.30. The summed E-state index contributed by atoms with van der Waals surface area (Å²) in [7, 11) is 1.97. The monoisotopic (exact) mass is 241 g/mol. The van der Waals surface area contributed by atoms with Crippen LogP contribution in [0.15, 0.2) is 0 Å². The van der Waals surface area contributed by atoms with Gasteiger partial charge in [-0.2, -0.15) is 0 Å². The minimum Gasteiger partial charge on any atom is -0.381 e. The fourth-order valence-electron chi connectivity index (χ4n) is 1.99. The van der Waals surface area contributed by atoms with E-state index in [9.17, 15) is 0 Å². The second-order valence-corrected chi connectivity index (χ2v) is 5.18. The molecule has 1 fully saturated rings. The van der Waals surface area contributed by atoms with E-state index < -0.39 is 0 Å². The summed E-state index contributed by atoms with van der Waals surface area (Å²) >= 11 is 1.73. The maximum absolute atomic E-state index is 5.48. The van der Waals surface area contributed by atoms with Crippen LogP contribution in [-0.2, 0) is 4.74 Å². The molecule has 16 heavy (non-hydrogen) atoms. The molecular formula is C11H19N3OS. The Balaban J connectivity index is 2.05. The molecule has 2 unspecified atom stereocenters. The van der Waals surface area contributed by atoms with Crippen molar-refractivity contribution in [3.05, 3.63) is 10.0 Å². The van der Waals surface area contributed by atoms with Crippen LogP contribution in [0.3, 0.4) is 0 Å². The van der Waals surface area contributed by atoms with Crippen LogP contribution in [0.1, 0.15) is 48.2 Å². The molecule has 0 aromatic carbocycles. The van der Waals surface area contributed by atoms with Gasteiger partial charge in [0.15, 0.2) is 0 Å². The fourth-order valence-corrected chi connectivity index (χ4v) is 3.15. The molecule has 1 aliphatic heterocycles. The molecule has 1 saturated heterocycles. The summed E-state index contributed by atoms with van der Waals surface area (Å²) in [6.45, 7) is 3.87. The van der Waals surface area contributed by atoms with Gasteiger partial charge in [-0.25, -0.2) is 0 Å². The van der Waals surface area contributed by atoms with E-state index in [0.717, 1.165) is 36.1 Å². The first kappa shape index (κ1) is 12.0. The van der Waals surface area contributed by atoms with E-state index in [2.05, 4.69) is 22.4 Å². The Kier molecular flexibility index (Phi) is 4.26. The highest BCUT2D eigenvalue weighted by molar-refractivity contribution is 7.11. The van der Waals surface area contributed by atoms with Crippen molar-refractivity contribution >= 4 is 11.3 Å². The van der Waals surface area contributed by atoms with Crippen LogP contribution in [-0.4, -0.2) is 30.5 Å². The lowest BCUT2D eigenvalue weighted by Crippen LogP contribution is -2.15. The van der Waals surface area contributed by atoms with Crippen LogP contribution < -0.4 is 5.32 Å². The minimum absolute atomic E-state index is 0.343. The van der Waals surface area contributed by atoms with Crippen molar-refractivity contribution in [1.82, 2.24) is 15.5 Å². The van der Waals surface area contributed by atoms with E-state index >= 15 is 0 Å². The lowest BCUT2D eigenvalue weighted by atomic mass is 10.0. The average molecular weight is 241 g/mol. The van der Waals surface area contributed by atoms with Gasteiger partial charge in [-0.3, -0.25) is 0 Å². The van der Waals surface area contributed by atoms with E-state index in [4.69, 9.17) is 4.74 Å². The zero-order valence-corrected chi connectivity index (χ0v) is 10.7. The number of aromatic nitrogens is 2. The predicted molar refractivity (Wildman–Crippen MR) is 64.8 cm³/mol. The van der Waals surface area contributed by atoms with Gasteiger partial charge in [-0.1, -0.05) is 18.3 Å². The zero-order chi connectivity index (χ0) is 11.4. The Labute approximate surface area is 100 Å². The molecule has 0 amide bonds. The Hall–Kier alpha value is -0.520. The van der Waals surface area contributed by atoms with Gasteiger partial charge < -0.3 is 10.1 Å². The van der Waals surface area contributed by atoms with Crippen LogP contribution in [0.2, 0.25) is 0 Å². The second kappa shape index (κ2) is 5.70. The van der Waals surface area contributed by atoms with E-state index in [-0.39, 0.29) is 0 Å². The summed E-state index contributed by atoms with van der Waals surface area (Å²) in [4.78, 5) is 0. The van der Waals surface area contributed by atoms with Crippen LogP contribution in [0.25, 0.3) is 0 Å². The molecule has 0 bridgehead atoms. The Morgan fingerprint density at radius 2 is 2.44 bits per heavy atom. The molecule has 0 saturated carbocycles. The van der Waals surface area contributed by atoms with Gasteiger partial charge >= 0.3 is 0 Å². The lowest BCUT2D eigenvalue weighted by molar-refractivity contribution is 0.0802. The van der Waals surface area contributed by atoms with Gasteiger partial charge in [0.1, 0.15) is 10.0 Å². The van der Waals surface area contributed by atoms with E-state index in [1.807, 2.05) is 7.05 Å². The minimum atomic E-state index is 0.343. The largest absolute Gasteiger partial charge is 0.381 e. The summed E-state index contributed by atoms with van der Waals surface area (Å²) in [5.74, 6) is 0.467. The van der Waals surface area contributed by atoms with Gasteiger partial charge in [0.2, 0.25) is 0 Å². The average Bonchev–Trinajstić information content (AvgIpc) is 2.81. The topological polar surface area (TPSA) is 47.0 Å². The number of nitrogens with zero attached hydrogens (tertiary/aromatic N) is 2. The van der Waals surface area contributed by atoms with Gasteiger partial charge in [-0.15, -0.1) is 10.2 Å². The lowest BCUT2D eigenvalue weighted by Gasteiger charge is -2.19. The highest BCUT2D eigenvalue weighted by atomic mass is 32.1. The first-order valence-corrected chi connectivity index (χ1v) is 6.75. The molecule has 5 heteroatoms. The van der Waals surface area contributed by atoms with Gasteiger partial charge in [0.25, 0.3) is 0 Å².